The molecule has 0 amide bonds. The lowest BCUT2D eigenvalue weighted by molar-refractivity contribution is 0.277. The fourth-order valence-electron chi connectivity index (χ4n) is 2.49. The first-order valence-corrected chi connectivity index (χ1v) is 6.21. The highest BCUT2D eigenvalue weighted by Gasteiger charge is 2.15. The summed E-state index contributed by atoms with van der Waals surface area (Å²) >= 11 is 0. The van der Waals surface area contributed by atoms with E-state index in [2.05, 4.69) is 48.9 Å². The van der Waals surface area contributed by atoms with Crippen LogP contribution in [0.1, 0.15) is 24.0 Å². The molecule has 0 spiro atoms. The maximum absolute atomic E-state index is 3.97. The highest BCUT2D eigenvalue weighted by molar-refractivity contribution is 5.29. The highest BCUT2D eigenvalue weighted by atomic mass is 15.1. The van der Waals surface area contributed by atoms with Crippen LogP contribution in [0.15, 0.2) is 36.9 Å². The second-order valence-electron chi connectivity index (χ2n) is 4.71. The van der Waals surface area contributed by atoms with Crippen molar-refractivity contribution in [2.24, 2.45) is 0 Å². The van der Waals surface area contributed by atoms with Gasteiger partial charge in [0.15, 0.2) is 0 Å². The summed E-state index contributed by atoms with van der Waals surface area (Å²) in [5.41, 5.74) is 3.03. The van der Waals surface area contributed by atoms with Crippen LogP contribution >= 0.6 is 0 Å². The van der Waals surface area contributed by atoms with Crippen molar-refractivity contribution in [1.82, 2.24) is 4.90 Å². The van der Waals surface area contributed by atoms with Gasteiger partial charge in [-0.2, -0.15) is 0 Å². The van der Waals surface area contributed by atoms with Crippen LogP contribution in [-0.4, -0.2) is 24.5 Å². The smallest absolute Gasteiger partial charge is 0.0313 e. The molecule has 0 N–H and O–H groups in total. The molecule has 1 nitrogen and oxygen atoms in total. The van der Waals surface area contributed by atoms with E-state index in [0.717, 1.165) is 6.42 Å². The summed E-state index contributed by atoms with van der Waals surface area (Å²) in [6.45, 7) is 5.15. The van der Waals surface area contributed by atoms with Gasteiger partial charge >= 0.3 is 0 Å². The minimum atomic E-state index is 0.485. The van der Waals surface area contributed by atoms with E-state index in [1.807, 2.05) is 0 Å². The second kappa shape index (κ2) is 5.31. The molecule has 0 bridgehead atoms. The van der Waals surface area contributed by atoms with Crippen LogP contribution in [0.4, 0.5) is 0 Å². The quantitative estimate of drug-likeness (QED) is 0.651. The second-order valence-corrected chi connectivity index (χ2v) is 4.71. The van der Waals surface area contributed by atoms with Crippen molar-refractivity contribution in [3.63, 3.8) is 0 Å². The molecule has 0 aromatic heterocycles. The molecule has 2 rings (SSSR count). The molecule has 1 aromatic carbocycles. The van der Waals surface area contributed by atoms with Crippen LogP contribution in [0.3, 0.4) is 0 Å². The van der Waals surface area contributed by atoms with Crippen molar-refractivity contribution < 1.29 is 0 Å². The Labute approximate surface area is 98.8 Å². The van der Waals surface area contributed by atoms with Gasteiger partial charge in [0.2, 0.25) is 0 Å². The number of rotatable bonds is 1. The van der Waals surface area contributed by atoms with Crippen LogP contribution in [0, 0.1) is 0 Å². The Balaban J connectivity index is 2.26. The third-order valence-electron chi connectivity index (χ3n) is 3.59. The van der Waals surface area contributed by atoms with Crippen LogP contribution in [0.2, 0.25) is 0 Å². The molecule has 1 heteroatoms. The lowest BCUT2D eigenvalue weighted by Gasteiger charge is -2.24. The van der Waals surface area contributed by atoms with E-state index >= 15 is 0 Å². The summed E-state index contributed by atoms with van der Waals surface area (Å²) < 4.78 is 0. The Morgan fingerprint density at radius 1 is 1.25 bits per heavy atom. The monoisotopic (exact) mass is 215 g/mol. The number of fused-ring (bicyclic) bond motifs is 1. The fourth-order valence-corrected chi connectivity index (χ4v) is 2.49. The zero-order valence-corrected chi connectivity index (χ0v) is 10.2. The fraction of sp³-hybridized carbons (Fsp3) is 0.467. The Morgan fingerprint density at radius 3 is 2.75 bits per heavy atom. The van der Waals surface area contributed by atoms with Crippen molar-refractivity contribution >= 4 is 0 Å². The summed E-state index contributed by atoms with van der Waals surface area (Å²) in [4.78, 5) is 2.43. The van der Waals surface area contributed by atoms with E-state index in [1.54, 1.807) is 0 Å². The van der Waals surface area contributed by atoms with Crippen molar-refractivity contribution in [2.75, 3.05) is 13.6 Å². The van der Waals surface area contributed by atoms with Gasteiger partial charge in [-0.15, -0.1) is 6.58 Å². The van der Waals surface area contributed by atoms with E-state index in [0.29, 0.717) is 6.04 Å². The maximum atomic E-state index is 3.97. The van der Waals surface area contributed by atoms with Gasteiger partial charge < -0.3 is 0 Å². The molecule has 0 fully saturated rings. The minimum Gasteiger partial charge on any atom is -0.300 e. The number of benzene rings is 1. The van der Waals surface area contributed by atoms with Crippen molar-refractivity contribution in [3.8, 4) is 0 Å². The van der Waals surface area contributed by atoms with Crippen LogP contribution in [-0.2, 0) is 12.8 Å². The molecule has 1 aliphatic heterocycles. The first kappa shape index (κ1) is 11.4. The summed E-state index contributed by atoms with van der Waals surface area (Å²) in [5, 5.41) is 0. The van der Waals surface area contributed by atoms with Crippen molar-refractivity contribution in [2.45, 2.75) is 31.7 Å². The van der Waals surface area contributed by atoms with E-state index in [1.165, 1.54) is 36.9 Å². The van der Waals surface area contributed by atoms with E-state index in [-0.39, 0.29) is 0 Å². The van der Waals surface area contributed by atoms with E-state index < -0.39 is 0 Å². The van der Waals surface area contributed by atoms with Crippen LogP contribution < -0.4 is 0 Å². The van der Waals surface area contributed by atoms with Crippen LogP contribution in [0.25, 0.3) is 0 Å². The molecular formula is C15H21N. The Morgan fingerprint density at radius 2 is 2.00 bits per heavy atom. The largest absolute Gasteiger partial charge is 0.300 e. The Kier molecular flexibility index (Phi) is 3.79. The molecule has 0 radical (unpaired) electrons. The normalized spacial score (nSPS) is 22.7. The first-order chi connectivity index (χ1) is 7.81. The molecule has 1 aliphatic rings. The summed E-state index contributed by atoms with van der Waals surface area (Å²) in [7, 11) is 2.21. The average molecular weight is 215 g/mol. The molecule has 1 atom stereocenters. The van der Waals surface area contributed by atoms with E-state index in [4.69, 9.17) is 0 Å². The summed E-state index contributed by atoms with van der Waals surface area (Å²) in [6.07, 6.45) is 7.01. The van der Waals surface area contributed by atoms with Gasteiger partial charge in [0.25, 0.3) is 0 Å². The SMILES string of the molecule is C=CC1Cc2ccccc2CCCCN1C. The highest BCUT2D eigenvalue weighted by Crippen LogP contribution is 2.19. The van der Waals surface area contributed by atoms with Gasteiger partial charge in [0.05, 0.1) is 0 Å². The predicted octanol–water partition coefficient (Wildman–Crippen LogP) is 3.05. The number of hydrogen-bond acceptors (Lipinski definition) is 1. The van der Waals surface area contributed by atoms with Gasteiger partial charge in [-0.25, -0.2) is 0 Å². The molecule has 86 valence electrons. The molecule has 1 unspecified atom stereocenters. The third kappa shape index (κ3) is 2.53. The average Bonchev–Trinajstić information content (AvgIpc) is 2.39. The van der Waals surface area contributed by atoms with Crippen molar-refractivity contribution in [1.29, 1.82) is 0 Å². The van der Waals surface area contributed by atoms with Crippen molar-refractivity contribution in [3.05, 3.63) is 48.0 Å². The van der Waals surface area contributed by atoms with Crippen LogP contribution in [0.5, 0.6) is 0 Å². The molecule has 1 aromatic rings. The third-order valence-corrected chi connectivity index (χ3v) is 3.59. The standard InChI is InChI=1S/C15H21N/c1-3-15-12-14-10-5-4-8-13(14)9-6-7-11-16(15)2/h3-5,8,10,15H,1,6-7,9,11-12H2,2H3. The molecule has 1 heterocycles. The minimum absolute atomic E-state index is 0.485. The number of likely N-dealkylation sites (N-methyl/N-ethyl adjacent to an activating group) is 1. The Hall–Kier alpha value is -1.08. The number of nitrogens with zero attached hydrogens (tertiary/aromatic N) is 1. The Bertz CT molecular complexity index is 356. The van der Waals surface area contributed by atoms with E-state index in [9.17, 15) is 0 Å². The molecule has 0 saturated heterocycles. The van der Waals surface area contributed by atoms with Gasteiger partial charge in [-0.3, -0.25) is 4.90 Å². The zero-order valence-electron chi connectivity index (χ0n) is 10.2. The van der Waals surface area contributed by atoms with Gasteiger partial charge in [0.1, 0.15) is 0 Å². The molecular weight excluding hydrogens is 194 g/mol. The zero-order chi connectivity index (χ0) is 11.4. The van der Waals surface area contributed by atoms with Gasteiger partial charge in [-0.05, 0) is 50.4 Å². The van der Waals surface area contributed by atoms with Gasteiger partial charge in [-0.1, -0.05) is 30.3 Å². The summed E-state index contributed by atoms with van der Waals surface area (Å²) in [6, 6.07) is 9.34. The molecule has 16 heavy (non-hydrogen) atoms. The topological polar surface area (TPSA) is 3.24 Å². The number of aryl methyl sites for hydroxylation is 1. The maximum Gasteiger partial charge on any atom is 0.0313 e. The number of hydrogen-bond donors (Lipinski definition) is 0. The van der Waals surface area contributed by atoms with Gasteiger partial charge in [0, 0.05) is 6.04 Å². The molecule has 0 saturated carbocycles. The lowest BCUT2D eigenvalue weighted by atomic mass is 9.97. The first-order valence-electron chi connectivity index (χ1n) is 6.21. The summed E-state index contributed by atoms with van der Waals surface area (Å²) in [5.74, 6) is 0. The molecule has 0 aliphatic carbocycles. The lowest BCUT2D eigenvalue weighted by Crippen LogP contribution is -2.32. The predicted molar refractivity (Wildman–Crippen MR) is 69.7 cm³/mol.